The second kappa shape index (κ2) is 6.11. The highest BCUT2D eigenvalue weighted by Crippen LogP contribution is 2.28. The van der Waals surface area contributed by atoms with Gasteiger partial charge < -0.3 is 10.5 Å². The van der Waals surface area contributed by atoms with Crippen molar-refractivity contribution in [1.29, 1.82) is 0 Å². The summed E-state index contributed by atoms with van der Waals surface area (Å²) in [6.07, 6.45) is -0.213. The third-order valence-electron chi connectivity index (χ3n) is 3.24. The second-order valence-electron chi connectivity index (χ2n) is 5.05. The van der Waals surface area contributed by atoms with Gasteiger partial charge in [-0.1, -0.05) is 6.07 Å². The highest BCUT2D eigenvalue weighted by Gasteiger charge is 2.33. The predicted octanol–water partition coefficient (Wildman–Crippen LogP) is 1.71. The molecule has 1 aliphatic heterocycles. The van der Waals surface area contributed by atoms with Gasteiger partial charge in [-0.05, 0) is 47.5 Å². The summed E-state index contributed by atoms with van der Waals surface area (Å²) in [6, 6.07) is 5.17. The van der Waals surface area contributed by atoms with Crippen LogP contribution in [0.1, 0.15) is 19.4 Å². The van der Waals surface area contributed by atoms with E-state index in [2.05, 4.69) is 15.9 Å². The van der Waals surface area contributed by atoms with Gasteiger partial charge in [-0.25, -0.2) is 8.42 Å². The Morgan fingerprint density at radius 3 is 2.50 bits per heavy atom. The van der Waals surface area contributed by atoms with Crippen molar-refractivity contribution in [3.8, 4) is 0 Å². The topological polar surface area (TPSA) is 72.6 Å². The summed E-state index contributed by atoms with van der Waals surface area (Å²) in [4.78, 5) is 0.266. The van der Waals surface area contributed by atoms with E-state index in [-0.39, 0.29) is 17.1 Å². The fourth-order valence-electron chi connectivity index (χ4n) is 2.34. The molecule has 0 radical (unpaired) electrons. The molecule has 5 nitrogen and oxygen atoms in total. The maximum absolute atomic E-state index is 12.8. The SMILES string of the molecule is CC1CN(S(=O)(=O)c2cc(CN)ccc2Br)CC(C)O1. The fourth-order valence-corrected chi connectivity index (χ4v) is 4.90. The second-order valence-corrected chi connectivity index (χ2v) is 7.81. The highest BCUT2D eigenvalue weighted by molar-refractivity contribution is 9.10. The number of nitrogens with zero attached hydrogens (tertiary/aromatic N) is 1. The fraction of sp³-hybridized carbons (Fsp3) is 0.538. The third kappa shape index (κ3) is 3.23. The number of hydrogen-bond donors (Lipinski definition) is 1. The molecule has 7 heteroatoms. The van der Waals surface area contributed by atoms with Crippen LogP contribution < -0.4 is 5.73 Å². The summed E-state index contributed by atoms with van der Waals surface area (Å²) in [5.74, 6) is 0. The zero-order chi connectivity index (χ0) is 14.9. The quantitative estimate of drug-likeness (QED) is 0.887. The van der Waals surface area contributed by atoms with Crippen LogP contribution >= 0.6 is 15.9 Å². The van der Waals surface area contributed by atoms with Crippen LogP contribution in [0.3, 0.4) is 0 Å². The molecule has 1 aliphatic rings. The number of rotatable bonds is 3. The first-order chi connectivity index (χ1) is 9.34. The first-order valence-corrected chi connectivity index (χ1v) is 8.72. The lowest BCUT2D eigenvalue weighted by atomic mass is 10.2. The average molecular weight is 363 g/mol. The Bertz CT molecular complexity index is 581. The number of sulfonamides is 1. The Morgan fingerprint density at radius 2 is 1.95 bits per heavy atom. The van der Waals surface area contributed by atoms with Gasteiger partial charge in [-0.15, -0.1) is 0 Å². The summed E-state index contributed by atoms with van der Waals surface area (Å²) >= 11 is 3.31. The van der Waals surface area contributed by atoms with E-state index in [0.717, 1.165) is 5.56 Å². The van der Waals surface area contributed by atoms with E-state index >= 15 is 0 Å². The van der Waals surface area contributed by atoms with Crippen LogP contribution in [0.25, 0.3) is 0 Å². The van der Waals surface area contributed by atoms with Gasteiger partial charge in [-0.3, -0.25) is 0 Å². The number of ether oxygens (including phenoxy) is 1. The summed E-state index contributed by atoms with van der Waals surface area (Å²) in [5, 5.41) is 0. The Hall–Kier alpha value is -0.470. The van der Waals surface area contributed by atoms with Gasteiger partial charge in [0, 0.05) is 24.1 Å². The van der Waals surface area contributed by atoms with Crippen LogP contribution in [0.15, 0.2) is 27.6 Å². The largest absolute Gasteiger partial charge is 0.373 e. The molecular formula is C13H19BrN2O3S. The summed E-state index contributed by atoms with van der Waals surface area (Å²) in [6.45, 7) is 4.80. The van der Waals surface area contributed by atoms with Crippen molar-refractivity contribution in [3.63, 3.8) is 0 Å². The van der Waals surface area contributed by atoms with Crippen LogP contribution in [0.5, 0.6) is 0 Å². The maximum Gasteiger partial charge on any atom is 0.244 e. The lowest BCUT2D eigenvalue weighted by molar-refractivity contribution is -0.0440. The van der Waals surface area contributed by atoms with Gasteiger partial charge in [0.25, 0.3) is 0 Å². The number of nitrogens with two attached hydrogens (primary N) is 1. The Balaban J connectivity index is 2.39. The Kier molecular flexibility index (Phi) is 4.86. The van der Waals surface area contributed by atoms with Crippen molar-refractivity contribution < 1.29 is 13.2 Å². The number of benzene rings is 1. The van der Waals surface area contributed by atoms with Crippen molar-refractivity contribution in [1.82, 2.24) is 4.31 Å². The minimum Gasteiger partial charge on any atom is -0.373 e. The van der Waals surface area contributed by atoms with Gasteiger partial charge in [-0.2, -0.15) is 4.31 Å². The Morgan fingerprint density at radius 1 is 1.35 bits per heavy atom. The Labute approximate surface area is 128 Å². The van der Waals surface area contributed by atoms with Crippen molar-refractivity contribution in [2.75, 3.05) is 13.1 Å². The molecule has 2 N–H and O–H groups in total. The minimum absolute atomic E-state index is 0.106. The van der Waals surface area contributed by atoms with E-state index in [1.54, 1.807) is 12.1 Å². The first kappa shape index (κ1) is 15.9. The predicted molar refractivity (Wildman–Crippen MR) is 80.8 cm³/mol. The molecule has 1 aromatic carbocycles. The van der Waals surface area contributed by atoms with E-state index in [1.807, 2.05) is 19.9 Å². The molecule has 2 rings (SSSR count). The van der Waals surface area contributed by atoms with Gasteiger partial charge in [0.05, 0.1) is 17.1 Å². The van der Waals surface area contributed by atoms with Crippen LogP contribution in [-0.2, 0) is 21.3 Å². The number of hydrogen-bond acceptors (Lipinski definition) is 4. The van der Waals surface area contributed by atoms with E-state index in [4.69, 9.17) is 10.5 Å². The highest BCUT2D eigenvalue weighted by atomic mass is 79.9. The summed E-state index contributed by atoms with van der Waals surface area (Å²) < 4.78 is 33.2. The van der Waals surface area contributed by atoms with Gasteiger partial charge in [0.15, 0.2) is 0 Å². The number of halogens is 1. The minimum atomic E-state index is -3.54. The molecule has 2 unspecified atom stereocenters. The molecule has 1 heterocycles. The van der Waals surface area contributed by atoms with Crippen molar-refractivity contribution in [2.24, 2.45) is 5.73 Å². The molecule has 0 spiro atoms. The zero-order valence-electron chi connectivity index (χ0n) is 11.5. The smallest absolute Gasteiger partial charge is 0.244 e. The average Bonchev–Trinajstić information content (AvgIpc) is 2.38. The van der Waals surface area contributed by atoms with Crippen LogP contribution in [0, 0.1) is 0 Å². The van der Waals surface area contributed by atoms with Gasteiger partial charge >= 0.3 is 0 Å². The van der Waals surface area contributed by atoms with Crippen LogP contribution in [0.2, 0.25) is 0 Å². The number of morpholine rings is 1. The molecule has 112 valence electrons. The van der Waals surface area contributed by atoms with Crippen molar-refractivity contribution >= 4 is 26.0 Å². The van der Waals surface area contributed by atoms with Gasteiger partial charge in [0.1, 0.15) is 0 Å². The van der Waals surface area contributed by atoms with Crippen molar-refractivity contribution in [3.05, 3.63) is 28.2 Å². The molecule has 1 aromatic rings. The maximum atomic E-state index is 12.8. The third-order valence-corrected chi connectivity index (χ3v) is 6.06. The molecule has 2 atom stereocenters. The molecular weight excluding hydrogens is 344 g/mol. The van der Waals surface area contributed by atoms with E-state index in [0.29, 0.717) is 24.1 Å². The summed E-state index contributed by atoms with van der Waals surface area (Å²) in [7, 11) is -3.54. The summed E-state index contributed by atoms with van der Waals surface area (Å²) in [5.41, 5.74) is 6.38. The molecule has 1 saturated heterocycles. The molecule has 20 heavy (non-hydrogen) atoms. The van der Waals surface area contributed by atoms with Crippen molar-refractivity contribution in [2.45, 2.75) is 37.5 Å². The van der Waals surface area contributed by atoms with Gasteiger partial charge in [0.2, 0.25) is 10.0 Å². The zero-order valence-corrected chi connectivity index (χ0v) is 13.9. The molecule has 0 amide bonds. The van der Waals surface area contributed by atoms with E-state index < -0.39 is 10.0 Å². The molecule has 0 saturated carbocycles. The van der Waals surface area contributed by atoms with E-state index in [1.165, 1.54) is 4.31 Å². The monoisotopic (exact) mass is 362 g/mol. The van der Waals surface area contributed by atoms with Crippen LogP contribution in [0.4, 0.5) is 0 Å². The van der Waals surface area contributed by atoms with Crippen LogP contribution in [-0.4, -0.2) is 38.0 Å². The molecule has 0 bridgehead atoms. The normalized spacial score (nSPS) is 24.8. The lowest BCUT2D eigenvalue weighted by Gasteiger charge is -2.34. The molecule has 0 aromatic heterocycles. The standard InChI is InChI=1S/C13H19BrN2O3S/c1-9-7-16(8-10(2)19-9)20(17,18)13-5-11(6-15)3-4-12(13)14/h3-5,9-10H,6-8,15H2,1-2H3. The first-order valence-electron chi connectivity index (χ1n) is 6.48. The molecule has 0 aliphatic carbocycles. The van der Waals surface area contributed by atoms with E-state index in [9.17, 15) is 8.42 Å². The lowest BCUT2D eigenvalue weighted by Crippen LogP contribution is -2.48. The molecule has 1 fully saturated rings.